The maximum atomic E-state index is 13.3. The molecule has 1 amide bonds. The Morgan fingerprint density at radius 1 is 1.06 bits per heavy atom. The van der Waals surface area contributed by atoms with E-state index in [-0.39, 0.29) is 25.8 Å². The molecule has 0 atom stereocenters. The van der Waals surface area contributed by atoms with Crippen molar-refractivity contribution in [2.24, 2.45) is 0 Å². The van der Waals surface area contributed by atoms with Crippen LogP contribution in [0.5, 0.6) is 17.2 Å². The molecule has 0 bridgehead atoms. The fourth-order valence-electron chi connectivity index (χ4n) is 3.67. The van der Waals surface area contributed by atoms with Crippen LogP contribution in [-0.4, -0.2) is 28.9 Å². The lowest BCUT2D eigenvalue weighted by Crippen LogP contribution is -2.41. The quantitative estimate of drug-likeness (QED) is 0.470. The number of nitrogens with zero attached hydrogens (tertiary/aromatic N) is 2. The van der Waals surface area contributed by atoms with Gasteiger partial charge in [0.2, 0.25) is 12.7 Å². The number of hydrogen-bond donors (Lipinski definition) is 1. The van der Waals surface area contributed by atoms with Gasteiger partial charge in [-0.3, -0.25) is 18.7 Å². The van der Waals surface area contributed by atoms with Gasteiger partial charge in [-0.15, -0.1) is 11.3 Å². The molecule has 2 aromatic carbocycles. The van der Waals surface area contributed by atoms with E-state index in [2.05, 4.69) is 5.32 Å². The van der Waals surface area contributed by atoms with Gasteiger partial charge in [-0.1, -0.05) is 6.07 Å². The third-order valence-electron chi connectivity index (χ3n) is 5.29. The number of carbonyl (C=O) groups excluding carboxylic acids is 1. The van der Waals surface area contributed by atoms with Crippen LogP contribution in [0.2, 0.25) is 0 Å². The van der Waals surface area contributed by atoms with Crippen LogP contribution in [0.25, 0.3) is 10.2 Å². The van der Waals surface area contributed by atoms with E-state index in [1.807, 2.05) is 0 Å². The largest absolute Gasteiger partial charge is 0.497 e. The Morgan fingerprint density at radius 2 is 1.85 bits per heavy atom. The van der Waals surface area contributed by atoms with Crippen molar-refractivity contribution in [3.8, 4) is 17.2 Å². The van der Waals surface area contributed by atoms with Crippen LogP contribution in [0.4, 0.5) is 5.69 Å². The summed E-state index contributed by atoms with van der Waals surface area (Å²) in [5.41, 5.74) is 0.762. The zero-order valence-electron chi connectivity index (χ0n) is 17.6. The van der Waals surface area contributed by atoms with Crippen LogP contribution < -0.4 is 30.8 Å². The molecule has 33 heavy (non-hydrogen) atoms. The van der Waals surface area contributed by atoms with Crippen molar-refractivity contribution in [2.75, 3.05) is 19.2 Å². The molecule has 0 saturated heterocycles. The van der Waals surface area contributed by atoms with E-state index in [1.54, 1.807) is 61.0 Å². The van der Waals surface area contributed by atoms with E-state index in [1.165, 1.54) is 15.9 Å². The van der Waals surface area contributed by atoms with E-state index >= 15 is 0 Å². The van der Waals surface area contributed by atoms with Crippen LogP contribution in [0.1, 0.15) is 5.56 Å². The molecule has 4 aromatic rings. The van der Waals surface area contributed by atoms with Gasteiger partial charge in [0.05, 0.1) is 19.2 Å². The number of carbonyl (C=O) groups is 1. The summed E-state index contributed by atoms with van der Waals surface area (Å²) in [5.74, 6) is 1.47. The lowest BCUT2D eigenvalue weighted by atomic mass is 10.2. The molecule has 168 valence electrons. The van der Waals surface area contributed by atoms with Crippen molar-refractivity contribution in [3.05, 3.63) is 80.3 Å². The van der Waals surface area contributed by atoms with Crippen LogP contribution in [-0.2, 0) is 17.9 Å². The van der Waals surface area contributed by atoms with Gasteiger partial charge in [0, 0.05) is 5.69 Å². The predicted octanol–water partition coefficient (Wildman–Crippen LogP) is 2.65. The van der Waals surface area contributed by atoms with Gasteiger partial charge in [-0.2, -0.15) is 0 Å². The van der Waals surface area contributed by atoms with Gasteiger partial charge in [0.15, 0.2) is 11.5 Å². The summed E-state index contributed by atoms with van der Waals surface area (Å²) < 4.78 is 18.7. The molecule has 3 heterocycles. The summed E-state index contributed by atoms with van der Waals surface area (Å²) in [6.45, 7) is -0.0578. The summed E-state index contributed by atoms with van der Waals surface area (Å²) in [7, 11) is 1.56. The molecule has 2 aromatic heterocycles. The average Bonchev–Trinajstić information content (AvgIpc) is 3.49. The first-order chi connectivity index (χ1) is 16.0. The first kappa shape index (κ1) is 20.8. The number of anilines is 1. The molecular formula is C23H19N3O6S. The molecule has 10 heteroatoms. The number of nitrogens with one attached hydrogen (secondary N) is 1. The Kier molecular flexibility index (Phi) is 5.35. The summed E-state index contributed by atoms with van der Waals surface area (Å²) in [5, 5.41) is 4.50. The zero-order valence-corrected chi connectivity index (χ0v) is 18.4. The van der Waals surface area contributed by atoms with Gasteiger partial charge >= 0.3 is 5.69 Å². The van der Waals surface area contributed by atoms with Crippen molar-refractivity contribution < 1.29 is 19.0 Å². The third kappa shape index (κ3) is 3.96. The highest BCUT2D eigenvalue weighted by atomic mass is 32.1. The average molecular weight is 465 g/mol. The van der Waals surface area contributed by atoms with Crippen molar-refractivity contribution in [1.82, 2.24) is 9.13 Å². The molecular weight excluding hydrogens is 446 g/mol. The van der Waals surface area contributed by atoms with Gasteiger partial charge < -0.3 is 19.5 Å². The lowest BCUT2D eigenvalue weighted by Gasteiger charge is -2.13. The van der Waals surface area contributed by atoms with Gasteiger partial charge in [0.25, 0.3) is 5.56 Å². The molecule has 1 N–H and O–H groups in total. The smallest absolute Gasteiger partial charge is 0.332 e. The minimum absolute atomic E-state index is 0.0439. The molecule has 0 aliphatic carbocycles. The molecule has 0 radical (unpaired) electrons. The summed E-state index contributed by atoms with van der Waals surface area (Å²) in [4.78, 5) is 39.0. The molecule has 1 aliphatic heterocycles. The van der Waals surface area contributed by atoms with Crippen molar-refractivity contribution in [2.45, 2.75) is 13.1 Å². The first-order valence-electron chi connectivity index (χ1n) is 10.1. The number of benzene rings is 2. The number of rotatable bonds is 6. The second kappa shape index (κ2) is 8.47. The van der Waals surface area contributed by atoms with E-state index < -0.39 is 11.2 Å². The third-order valence-corrected chi connectivity index (χ3v) is 6.18. The Balaban J connectivity index is 1.47. The van der Waals surface area contributed by atoms with Crippen molar-refractivity contribution >= 4 is 33.1 Å². The number of aromatic nitrogens is 2. The van der Waals surface area contributed by atoms with Crippen molar-refractivity contribution in [1.29, 1.82) is 0 Å². The molecule has 0 saturated carbocycles. The molecule has 5 rings (SSSR count). The molecule has 0 fully saturated rings. The summed E-state index contributed by atoms with van der Waals surface area (Å²) >= 11 is 1.23. The van der Waals surface area contributed by atoms with Crippen LogP contribution in [0.3, 0.4) is 0 Å². The standard InChI is InChI=1S/C23H19N3O6S/c1-30-16-5-3-15(4-6-16)24-20(27)12-25-17-8-9-33-21(17)22(28)26(23(25)29)11-14-2-7-18-19(10-14)32-13-31-18/h2-10H,11-13H2,1H3,(H,24,27). The first-order valence-corrected chi connectivity index (χ1v) is 10.9. The summed E-state index contributed by atoms with van der Waals surface area (Å²) in [6.07, 6.45) is 0. The van der Waals surface area contributed by atoms with E-state index in [0.29, 0.717) is 38.7 Å². The Morgan fingerprint density at radius 3 is 2.64 bits per heavy atom. The maximum Gasteiger partial charge on any atom is 0.332 e. The van der Waals surface area contributed by atoms with E-state index in [0.717, 1.165) is 4.57 Å². The normalized spacial score (nSPS) is 12.2. The fourth-order valence-corrected chi connectivity index (χ4v) is 4.51. The topological polar surface area (TPSA) is 101 Å². The predicted molar refractivity (Wildman–Crippen MR) is 124 cm³/mol. The Bertz CT molecular complexity index is 1470. The van der Waals surface area contributed by atoms with Crippen LogP contribution in [0, 0.1) is 0 Å². The highest BCUT2D eigenvalue weighted by Crippen LogP contribution is 2.32. The number of thiophene rings is 1. The fraction of sp³-hybridized carbons (Fsp3) is 0.174. The van der Waals surface area contributed by atoms with Crippen LogP contribution >= 0.6 is 11.3 Å². The summed E-state index contributed by atoms with van der Waals surface area (Å²) in [6, 6.07) is 13.8. The SMILES string of the molecule is COc1ccc(NC(=O)Cn2c(=O)n(Cc3ccc4c(c3)OCO4)c(=O)c3sccc32)cc1. The molecule has 1 aliphatic rings. The monoisotopic (exact) mass is 465 g/mol. The molecule has 9 nitrogen and oxygen atoms in total. The van der Waals surface area contributed by atoms with Crippen LogP contribution in [0.15, 0.2) is 63.5 Å². The lowest BCUT2D eigenvalue weighted by molar-refractivity contribution is -0.116. The number of hydrogen-bond acceptors (Lipinski definition) is 7. The van der Waals surface area contributed by atoms with Gasteiger partial charge in [-0.05, 0) is 53.4 Å². The minimum atomic E-state index is -0.562. The molecule has 0 spiro atoms. The Hall–Kier alpha value is -4.05. The van der Waals surface area contributed by atoms with E-state index in [4.69, 9.17) is 14.2 Å². The number of methoxy groups -OCH3 is 1. The molecule has 0 unspecified atom stereocenters. The van der Waals surface area contributed by atoms with Crippen molar-refractivity contribution in [3.63, 3.8) is 0 Å². The number of fused-ring (bicyclic) bond motifs is 2. The Labute approximate surface area is 191 Å². The maximum absolute atomic E-state index is 13.3. The van der Waals surface area contributed by atoms with E-state index in [9.17, 15) is 14.4 Å². The minimum Gasteiger partial charge on any atom is -0.497 e. The zero-order chi connectivity index (χ0) is 22.9. The highest BCUT2D eigenvalue weighted by molar-refractivity contribution is 7.17. The second-order valence-electron chi connectivity index (χ2n) is 7.36. The van der Waals surface area contributed by atoms with Gasteiger partial charge in [0.1, 0.15) is 17.0 Å². The van der Waals surface area contributed by atoms with Gasteiger partial charge in [-0.25, -0.2) is 4.79 Å². The number of ether oxygens (including phenoxy) is 3. The number of amides is 1. The second-order valence-corrected chi connectivity index (χ2v) is 8.28. The highest BCUT2D eigenvalue weighted by Gasteiger charge is 2.18.